The molecule has 19 heavy (non-hydrogen) atoms. The summed E-state index contributed by atoms with van der Waals surface area (Å²) in [5, 5.41) is 0. The molecule has 0 spiro atoms. The van der Waals surface area contributed by atoms with E-state index in [1.807, 2.05) is 24.3 Å². The molecule has 1 aromatic rings. The van der Waals surface area contributed by atoms with Crippen molar-refractivity contribution < 1.29 is 9.53 Å². The molecule has 2 amide bonds. The van der Waals surface area contributed by atoms with E-state index in [1.165, 1.54) is 0 Å². The maximum Gasteiger partial charge on any atom is 0.324 e. The van der Waals surface area contributed by atoms with Crippen LogP contribution in [0.25, 0.3) is 0 Å². The molecule has 6 heteroatoms. The minimum Gasteiger partial charge on any atom is -0.389 e. The van der Waals surface area contributed by atoms with Gasteiger partial charge in [-0.1, -0.05) is 24.4 Å². The summed E-state index contributed by atoms with van der Waals surface area (Å²) in [6.45, 7) is 2.38. The highest BCUT2D eigenvalue weighted by molar-refractivity contribution is 7.80. The fraction of sp³-hybridized carbons (Fsp3) is 0.385. The van der Waals surface area contributed by atoms with Gasteiger partial charge in [0.1, 0.15) is 4.99 Å². The van der Waals surface area contributed by atoms with Crippen molar-refractivity contribution in [2.45, 2.75) is 0 Å². The zero-order valence-electron chi connectivity index (χ0n) is 10.8. The van der Waals surface area contributed by atoms with Gasteiger partial charge in [0.15, 0.2) is 0 Å². The highest BCUT2D eigenvalue weighted by Gasteiger charge is 2.22. The molecule has 0 unspecified atom stereocenters. The van der Waals surface area contributed by atoms with Crippen molar-refractivity contribution in [2.24, 2.45) is 5.73 Å². The number of rotatable bonds is 2. The number of ether oxygens (including phenoxy) is 1. The molecule has 1 aromatic carbocycles. The molecule has 0 atom stereocenters. The molecule has 102 valence electrons. The van der Waals surface area contributed by atoms with Crippen LogP contribution in [-0.4, -0.2) is 49.3 Å². The standard InChI is InChI=1S/C13H17N3O2S/c1-15(13(17)16-6-8-18-9-7-16)11-5-3-2-4-10(11)12(14)19/h2-5H,6-9H2,1H3,(H2,14,19). The second kappa shape index (κ2) is 5.99. The van der Waals surface area contributed by atoms with Crippen molar-refractivity contribution in [3.8, 4) is 0 Å². The van der Waals surface area contributed by atoms with Crippen LogP contribution in [-0.2, 0) is 4.74 Å². The Morgan fingerprint density at radius 1 is 1.37 bits per heavy atom. The van der Waals surface area contributed by atoms with Crippen molar-refractivity contribution in [3.63, 3.8) is 0 Å². The lowest BCUT2D eigenvalue weighted by Gasteiger charge is -2.31. The van der Waals surface area contributed by atoms with Crippen molar-refractivity contribution in [1.29, 1.82) is 0 Å². The summed E-state index contributed by atoms with van der Waals surface area (Å²) >= 11 is 5.02. The Morgan fingerprint density at radius 3 is 2.63 bits per heavy atom. The first-order valence-corrected chi connectivity index (χ1v) is 6.51. The summed E-state index contributed by atoms with van der Waals surface area (Å²) < 4.78 is 5.24. The third-order valence-corrected chi connectivity index (χ3v) is 3.32. The largest absolute Gasteiger partial charge is 0.389 e. The van der Waals surface area contributed by atoms with Crippen molar-refractivity contribution >= 4 is 28.9 Å². The number of carbonyl (C=O) groups is 1. The van der Waals surface area contributed by atoms with Crippen LogP contribution >= 0.6 is 12.2 Å². The Balaban J connectivity index is 2.21. The molecule has 1 aliphatic heterocycles. The van der Waals surface area contributed by atoms with Crippen LogP contribution in [0.15, 0.2) is 24.3 Å². The average Bonchev–Trinajstić information content (AvgIpc) is 2.46. The highest BCUT2D eigenvalue weighted by atomic mass is 32.1. The Labute approximate surface area is 117 Å². The Kier molecular flexibility index (Phi) is 4.34. The van der Waals surface area contributed by atoms with E-state index >= 15 is 0 Å². The van der Waals surface area contributed by atoms with Crippen LogP contribution < -0.4 is 10.6 Å². The summed E-state index contributed by atoms with van der Waals surface area (Å²) in [7, 11) is 1.73. The van der Waals surface area contributed by atoms with E-state index in [0.29, 0.717) is 31.9 Å². The molecule has 1 saturated heterocycles. The predicted molar refractivity (Wildman–Crippen MR) is 78.5 cm³/mol. The fourth-order valence-electron chi connectivity index (χ4n) is 2.04. The average molecular weight is 279 g/mol. The zero-order chi connectivity index (χ0) is 13.8. The number of carbonyl (C=O) groups excluding carboxylic acids is 1. The van der Waals surface area contributed by atoms with Gasteiger partial charge in [-0.25, -0.2) is 4.79 Å². The number of anilines is 1. The van der Waals surface area contributed by atoms with E-state index in [-0.39, 0.29) is 11.0 Å². The molecule has 1 aliphatic rings. The lowest BCUT2D eigenvalue weighted by molar-refractivity contribution is 0.0551. The molecule has 0 aliphatic carbocycles. The second-order valence-corrected chi connectivity index (χ2v) is 4.76. The number of amides is 2. The maximum atomic E-state index is 12.4. The first-order chi connectivity index (χ1) is 9.11. The van der Waals surface area contributed by atoms with Crippen LogP contribution in [0.2, 0.25) is 0 Å². The van der Waals surface area contributed by atoms with Crippen LogP contribution in [0, 0.1) is 0 Å². The Bertz CT molecular complexity index is 487. The van der Waals surface area contributed by atoms with Crippen LogP contribution in [0.5, 0.6) is 0 Å². The van der Waals surface area contributed by atoms with E-state index < -0.39 is 0 Å². The number of nitrogens with zero attached hydrogens (tertiary/aromatic N) is 2. The van der Waals surface area contributed by atoms with Gasteiger partial charge in [-0.15, -0.1) is 0 Å². The van der Waals surface area contributed by atoms with Gasteiger partial charge >= 0.3 is 6.03 Å². The zero-order valence-corrected chi connectivity index (χ0v) is 11.7. The molecule has 1 heterocycles. The summed E-state index contributed by atoms with van der Waals surface area (Å²) in [6, 6.07) is 7.31. The molecule has 0 bridgehead atoms. The number of hydrogen-bond acceptors (Lipinski definition) is 3. The molecule has 0 radical (unpaired) electrons. The number of nitrogens with two attached hydrogens (primary N) is 1. The quantitative estimate of drug-likeness (QED) is 0.827. The van der Waals surface area contributed by atoms with Gasteiger partial charge in [-0.05, 0) is 12.1 Å². The first kappa shape index (κ1) is 13.8. The van der Waals surface area contributed by atoms with Crippen molar-refractivity contribution in [1.82, 2.24) is 4.90 Å². The van der Waals surface area contributed by atoms with Gasteiger partial charge in [0.05, 0.1) is 18.9 Å². The molecule has 2 rings (SSSR count). The number of para-hydroxylation sites is 1. The third kappa shape index (κ3) is 3.02. The number of thiocarbonyl (C=S) groups is 1. The Morgan fingerprint density at radius 2 is 2.00 bits per heavy atom. The van der Waals surface area contributed by atoms with Gasteiger partial charge in [0.25, 0.3) is 0 Å². The van der Waals surface area contributed by atoms with Gasteiger partial charge in [-0.3, -0.25) is 4.90 Å². The van der Waals surface area contributed by atoms with Crippen molar-refractivity contribution in [3.05, 3.63) is 29.8 Å². The first-order valence-electron chi connectivity index (χ1n) is 6.10. The fourth-order valence-corrected chi connectivity index (χ4v) is 2.22. The summed E-state index contributed by atoms with van der Waals surface area (Å²) in [5.74, 6) is 0. The summed E-state index contributed by atoms with van der Waals surface area (Å²) in [5.41, 5.74) is 7.13. The lowest BCUT2D eigenvalue weighted by atomic mass is 10.1. The molecule has 0 saturated carbocycles. The van der Waals surface area contributed by atoms with Gasteiger partial charge < -0.3 is 15.4 Å². The lowest BCUT2D eigenvalue weighted by Crippen LogP contribution is -2.47. The van der Waals surface area contributed by atoms with Crippen LogP contribution in [0.1, 0.15) is 5.56 Å². The maximum absolute atomic E-state index is 12.4. The van der Waals surface area contributed by atoms with E-state index in [2.05, 4.69) is 0 Å². The van der Waals surface area contributed by atoms with Gasteiger partial charge in [0, 0.05) is 25.7 Å². The Hall–Kier alpha value is -1.66. The van der Waals surface area contributed by atoms with E-state index in [9.17, 15) is 4.79 Å². The molecular formula is C13H17N3O2S. The SMILES string of the molecule is CN(C(=O)N1CCOCC1)c1ccccc1C(N)=S. The van der Waals surface area contributed by atoms with Crippen molar-refractivity contribution in [2.75, 3.05) is 38.3 Å². The summed E-state index contributed by atoms with van der Waals surface area (Å²) in [4.78, 5) is 16.0. The smallest absolute Gasteiger partial charge is 0.324 e. The van der Waals surface area contributed by atoms with Crippen LogP contribution in [0.3, 0.4) is 0 Å². The molecular weight excluding hydrogens is 262 g/mol. The second-order valence-electron chi connectivity index (χ2n) is 4.32. The molecule has 5 nitrogen and oxygen atoms in total. The number of urea groups is 1. The van der Waals surface area contributed by atoms with E-state index in [0.717, 1.165) is 5.69 Å². The molecule has 2 N–H and O–H groups in total. The number of morpholine rings is 1. The van der Waals surface area contributed by atoms with E-state index in [1.54, 1.807) is 16.8 Å². The predicted octanol–water partition coefficient (Wildman–Crippen LogP) is 1.21. The molecule has 1 fully saturated rings. The highest BCUT2D eigenvalue weighted by Crippen LogP contribution is 2.20. The van der Waals surface area contributed by atoms with Gasteiger partial charge in [0.2, 0.25) is 0 Å². The minimum atomic E-state index is -0.0630. The monoisotopic (exact) mass is 279 g/mol. The van der Waals surface area contributed by atoms with Gasteiger partial charge in [-0.2, -0.15) is 0 Å². The van der Waals surface area contributed by atoms with E-state index in [4.69, 9.17) is 22.7 Å². The molecule has 0 aromatic heterocycles. The van der Waals surface area contributed by atoms with Crippen LogP contribution in [0.4, 0.5) is 10.5 Å². The number of benzene rings is 1. The topological polar surface area (TPSA) is 58.8 Å². The minimum absolute atomic E-state index is 0.0630. The third-order valence-electron chi connectivity index (χ3n) is 3.10. The summed E-state index contributed by atoms with van der Waals surface area (Å²) in [6.07, 6.45) is 0. The number of hydrogen-bond donors (Lipinski definition) is 1. The normalized spacial score (nSPS) is 15.1.